The fourth-order valence-corrected chi connectivity index (χ4v) is 3.17. The van der Waals surface area contributed by atoms with E-state index in [2.05, 4.69) is 22.7 Å². The number of nitrogens with zero attached hydrogens (tertiary/aromatic N) is 2. The number of hydrogen-bond donors (Lipinski definition) is 2. The topological polar surface area (TPSA) is 93.1 Å². The Balaban J connectivity index is 2.03. The minimum atomic E-state index is -0.471. The molecule has 0 spiro atoms. The molecular weight excluding hydrogens is 368 g/mol. The summed E-state index contributed by atoms with van der Waals surface area (Å²) in [7, 11) is 1.53. The minimum Gasteiger partial charge on any atom is -0.355 e. The predicted octanol–water partition coefficient (Wildman–Crippen LogP) is 3.20. The summed E-state index contributed by atoms with van der Waals surface area (Å²) in [5.41, 5.74) is 0.679. The minimum absolute atomic E-state index is 0.156. The number of carbonyl (C=O) groups is 2. The molecule has 29 heavy (non-hydrogen) atoms. The quantitative estimate of drug-likeness (QED) is 0.604. The molecular formula is C22H24N4O3. The molecule has 0 radical (unpaired) electrons. The molecule has 0 aliphatic rings. The monoisotopic (exact) mass is 392 g/mol. The number of fused-ring (bicyclic) bond motifs is 1. The van der Waals surface area contributed by atoms with Gasteiger partial charge in [0.2, 0.25) is 0 Å². The smallest absolute Gasteiger partial charge is 0.276 e. The zero-order valence-corrected chi connectivity index (χ0v) is 16.6. The predicted molar refractivity (Wildman–Crippen MR) is 113 cm³/mol. The molecule has 0 aliphatic heterocycles. The molecule has 7 heteroatoms. The third-order valence-corrected chi connectivity index (χ3v) is 4.70. The number of nitrogens with one attached hydrogen (secondary N) is 2. The number of para-hydroxylation sites is 1. The first-order valence-electron chi connectivity index (χ1n) is 9.69. The maximum Gasteiger partial charge on any atom is 0.276 e. The Morgan fingerprint density at radius 3 is 2.38 bits per heavy atom. The summed E-state index contributed by atoms with van der Waals surface area (Å²) in [6.45, 7) is 2.53. The van der Waals surface area contributed by atoms with Crippen molar-refractivity contribution in [2.45, 2.75) is 32.7 Å². The zero-order chi connectivity index (χ0) is 20.8. The van der Waals surface area contributed by atoms with E-state index in [0.717, 1.165) is 19.3 Å². The number of amides is 2. The summed E-state index contributed by atoms with van der Waals surface area (Å²) in [5, 5.41) is 10.6. The van der Waals surface area contributed by atoms with Crippen LogP contribution in [0.5, 0.6) is 0 Å². The number of carbonyl (C=O) groups excluding carboxylic acids is 2. The van der Waals surface area contributed by atoms with Crippen molar-refractivity contribution in [2.24, 2.45) is 0 Å². The van der Waals surface area contributed by atoms with Gasteiger partial charge in [0.25, 0.3) is 17.4 Å². The summed E-state index contributed by atoms with van der Waals surface area (Å²) in [6.07, 6.45) is 2.80. The molecule has 0 unspecified atom stereocenters. The van der Waals surface area contributed by atoms with E-state index in [1.165, 1.54) is 11.7 Å². The van der Waals surface area contributed by atoms with E-state index in [1.54, 1.807) is 48.5 Å². The SMILES string of the molecule is CCCCCn1nc(C(=O)Nc2ccccc2C(=O)NC)c2ccccc2c1=O. The van der Waals surface area contributed by atoms with Gasteiger partial charge in [0, 0.05) is 19.0 Å². The van der Waals surface area contributed by atoms with Crippen molar-refractivity contribution in [3.05, 3.63) is 70.1 Å². The molecule has 2 N–H and O–H groups in total. The van der Waals surface area contributed by atoms with Gasteiger partial charge in [0.05, 0.1) is 16.6 Å². The second kappa shape index (κ2) is 9.14. The van der Waals surface area contributed by atoms with Gasteiger partial charge in [-0.2, -0.15) is 5.10 Å². The molecule has 3 aromatic rings. The highest BCUT2D eigenvalue weighted by atomic mass is 16.2. The van der Waals surface area contributed by atoms with E-state index in [4.69, 9.17) is 0 Å². The summed E-state index contributed by atoms with van der Waals surface area (Å²) in [6, 6.07) is 13.7. The number of aryl methyl sites for hydroxylation is 1. The number of rotatable bonds is 7. The van der Waals surface area contributed by atoms with Gasteiger partial charge in [-0.25, -0.2) is 4.68 Å². The third-order valence-electron chi connectivity index (χ3n) is 4.70. The van der Waals surface area contributed by atoms with Gasteiger partial charge in [0.15, 0.2) is 5.69 Å². The Morgan fingerprint density at radius 1 is 0.966 bits per heavy atom. The van der Waals surface area contributed by atoms with Crippen LogP contribution in [-0.2, 0) is 6.54 Å². The Morgan fingerprint density at radius 2 is 1.66 bits per heavy atom. The highest BCUT2D eigenvalue weighted by molar-refractivity contribution is 6.13. The first-order valence-corrected chi connectivity index (χ1v) is 9.69. The molecule has 0 atom stereocenters. The standard InChI is InChI=1S/C22H24N4O3/c1-3-4-9-14-26-22(29)16-11-6-5-10-15(16)19(25-26)21(28)24-18-13-8-7-12-17(18)20(27)23-2/h5-8,10-13H,3-4,9,14H2,1-2H3,(H,23,27)(H,24,28). The Bertz CT molecular complexity index is 1100. The Hall–Kier alpha value is -3.48. The first kappa shape index (κ1) is 20.3. The molecule has 2 aromatic carbocycles. The van der Waals surface area contributed by atoms with Crippen molar-refractivity contribution in [1.82, 2.24) is 15.1 Å². The van der Waals surface area contributed by atoms with Crippen LogP contribution in [-0.4, -0.2) is 28.6 Å². The molecule has 2 amide bonds. The molecule has 0 aliphatic carbocycles. The van der Waals surface area contributed by atoms with E-state index in [1.807, 2.05) is 0 Å². The largest absolute Gasteiger partial charge is 0.355 e. The molecule has 150 valence electrons. The highest BCUT2D eigenvalue weighted by Crippen LogP contribution is 2.19. The van der Waals surface area contributed by atoms with Crippen molar-refractivity contribution in [3.63, 3.8) is 0 Å². The fourth-order valence-electron chi connectivity index (χ4n) is 3.17. The number of hydrogen-bond acceptors (Lipinski definition) is 4. The van der Waals surface area contributed by atoms with Gasteiger partial charge in [-0.1, -0.05) is 50.1 Å². The number of aromatic nitrogens is 2. The zero-order valence-electron chi connectivity index (χ0n) is 16.6. The number of unbranched alkanes of at least 4 members (excludes halogenated alkanes) is 2. The normalized spacial score (nSPS) is 10.7. The summed E-state index contributed by atoms with van der Waals surface area (Å²) in [5.74, 6) is -0.773. The number of anilines is 1. The second-order valence-corrected chi connectivity index (χ2v) is 6.71. The average molecular weight is 392 g/mol. The van der Waals surface area contributed by atoms with E-state index in [-0.39, 0.29) is 17.2 Å². The van der Waals surface area contributed by atoms with Crippen LogP contribution in [0.3, 0.4) is 0 Å². The lowest BCUT2D eigenvalue weighted by Gasteiger charge is -2.13. The van der Waals surface area contributed by atoms with Crippen molar-refractivity contribution in [2.75, 3.05) is 12.4 Å². The fraction of sp³-hybridized carbons (Fsp3) is 0.273. The summed E-state index contributed by atoms with van der Waals surface area (Å²) in [4.78, 5) is 37.9. The van der Waals surface area contributed by atoms with Crippen molar-refractivity contribution in [1.29, 1.82) is 0 Å². The Kier molecular flexibility index (Phi) is 6.39. The third kappa shape index (κ3) is 4.34. The molecule has 3 rings (SSSR count). The Labute approximate surface area is 168 Å². The number of benzene rings is 2. The van der Waals surface area contributed by atoms with Crippen molar-refractivity contribution in [3.8, 4) is 0 Å². The molecule has 0 saturated carbocycles. The lowest BCUT2D eigenvalue weighted by atomic mass is 10.1. The molecule has 7 nitrogen and oxygen atoms in total. The van der Waals surface area contributed by atoms with Gasteiger partial charge in [-0.3, -0.25) is 14.4 Å². The van der Waals surface area contributed by atoms with Crippen LogP contribution in [0, 0.1) is 0 Å². The average Bonchev–Trinajstić information content (AvgIpc) is 2.75. The van der Waals surface area contributed by atoms with E-state index < -0.39 is 5.91 Å². The highest BCUT2D eigenvalue weighted by Gasteiger charge is 2.19. The van der Waals surface area contributed by atoms with Gasteiger partial charge < -0.3 is 10.6 Å². The van der Waals surface area contributed by atoms with E-state index >= 15 is 0 Å². The van der Waals surface area contributed by atoms with Crippen molar-refractivity contribution >= 4 is 28.3 Å². The van der Waals surface area contributed by atoms with Crippen LogP contribution < -0.4 is 16.2 Å². The first-order chi connectivity index (χ1) is 14.1. The van der Waals surface area contributed by atoms with E-state index in [0.29, 0.717) is 28.6 Å². The summed E-state index contributed by atoms with van der Waals surface area (Å²) < 4.78 is 1.36. The van der Waals surface area contributed by atoms with Gasteiger partial charge >= 0.3 is 0 Å². The second-order valence-electron chi connectivity index (χ2n) is 6.71. The van der Waals surface area contributed by atoms with Gasteiger partial charge in [-0.05, 0) is 24.6 Å². The van der Waals surface area contributed by atoms with Gasteiger partial charge in [0.1, 0.15) is 0 Å². The van der Waals surface area contributed by atoms with Crippen LogP contribution in [0.1, 0.15) is 47.0 Å². The van der Waals surface area contributed by atoms with Crippen LogP contribution in [0.15, 0.2) is 53.3 Å². The van der Waals surface area contributed by atoms with Crippen LogP contribution in [0.2, 0.25) is 0 Å². The van der Waals surface area contributed by atoms with Crippen molar-refractivity contribution < 1.29 is 9.59 Å². The molecule has 1 aromatic heterocycles. The maximum absolute atomic E-state index is 13.1. The molecule has 0 fully saturated rings. The molecule has 1 heterocycles. The van der Waals surface area contributed by atoms with Crippen LogP contribution in [0.4, 0.5) is 5.69 Å². The summed E-state index contributed by atoms with van der Waals surface area (Å²) >= 11 is 0. The lowest BCUT2D eigenvalue weighted by molar-refractivity contribution is 0.0964. The van der Waals surface area contributed by atoms with Crippen LogP contribution >= 0.6 is 0 Å². The molecule has 0 saturated heterocycles. The van der Waals surface area contributed by atoms with Gasteiger partial charge in [-0.15, -0.1) is 0 Å². The lowest BCUT2D eigenvalue weighted by Crippen LogP contribution is -2.28. The molecule has 0 bridgehead atoms. The van der Waals surface area contributed by atoms with E-state index in [9.17, 15) is 14.4 Å². The van der Waals surface area contributed by atoms with Crippen LogP contribution in [0.25, 0.3) is 10.8 Å². The maximum atomic E-state index is 13.1.